The molecule has 0 unspecified atom stereocenters. The quantitative estimate of drug-likeness (QED) is 0.646. The van der Waals surface area contributed by atoms with Crippen molar-refractivity contribution in [1.82, 2.24) is 14.7 Å². The lowest BCUT2D eigenvalue weighted by molar-refractivity contribution is -0.138. The van der Waals surface area contributed by atoms with Crippen molar-refractivity contribution in [3.8, 4) is 11.5 Å². The molecule has 3 aliphatic rings. The summed E-state index contributed by atoms with van der Waals surface area (Å²) in [6.07, 6.45) is 3.49. The summed E-state index contributed by atoms with van der Waals surface area (Å²) in [7, 11) is 3.19. The number of carbonyl (C=O) groups is 3. The topological polar surface area (TPSA) is 99.6 Å². The average molecular weight is 520 g/mol. The van der Waals surface area contributed by atoms with Crippen LogP contribution in [0.15, 0.2) is 42.1 Å². The van der Waals surface area contributed by atoms with Gasteiger partial charge in [-0.1, -0.05) is 23.3 Å². The van der Waals surface area contributed by atoms with Crippen molar-refractivity contribution >= 4 is 17.9 Å². The van der Waals surface area contributed by atoms with Crippen LogP contribution in [0.2, 0.25) is 0 Å². The maximum atomic E-state index is 13.7. The number of allylic oxidation sites excluding steroid dienone is 1. The number of carbonyl (C=O) groups excluding carboxylic acids is 2. The van der Waals surface area contributed by atoms with E-state index in [0.717, 1.165) is 28.0 Å². The number of fused-ring (bicyclic) bond motifs is 3. The van der Waals surface area contributed by atoms with Crippen LogP contribution in [0.25, 0.3) is 0 Å². The number of ether oxygens (including phenoxy) is 2. The lowest BCUT2D eigenvalue weighted by Crippen LogP contribution is -2.55. The molecule has 0 aliphatic carbocycles. The Labute approximate surface area is 222 Å². The van der Waals surface area contributed by atoms with Gasteiger partial charge in [-0.15, -0.1) is 0 Å². The summed E-state index contributed by atoms with van der Waals surface area (Å²) in [5, 5.41) is 9.70. The van der Waals surface area contributed by atoms with E-state index >= 15 is 0 Å². The third-order valence-corrected chi connectivity index (χ3v) is 7.94. The zero-order chi connectivity index (χ0) is 27.2. The molecule has 1 N–H and O–H groups in total. The predicted octanol–water partition coefficient (Wildman–Crippen LogP) is 3.76. The molecule has 2 aromatic rings. The molecule has 2 fully saturated rings. The number of urea groups is 1. The van der Waals surface area contributed by atoms with E-state index in [1.807, 2.05) is 55.2 Å². The van der Waals surface area contributed by atoms with E-state index < -0.39 is 18.1 Å². The standard InChI is InChI=1S/C29H33N3O6/c1-18-11-19(2)13-20(12-18)27(35)30-9-7-29(8-10-30)25-6-5-23-21(14-22(37-3)15-24(23)38-4)16-31(25)28(36)32(29)17-26(33)34/h6,11-15H,5,7-10,16-17H2,1-4H3,(H,33,34). The Morgan fingerprint density at radius 1 is 1.00 bits per heavy atom. The molecule has 1 spiro atoms. The highest BCUT2D eigenvalue weighted by atomic mass is 16.5. The Kier molecular flexibility index (Phi) is 6.54. The molecule has 3 aliphatic heterocycles. The zero-order valence-electron chi connectivity index (χ0n) is 22.2. The third kappa shape index (κ3) is 4.25. The van der Waals surface area contributed by atoms with Crippen molar-refractivity contribution in [3.05, 3.63) is 69.9 Å². The minimum Gasteiger partial charge on any atom is -0.497 e. The molecule has 3 amide bonds. The molecule has 0 saturated carbocycles. The Morgan fingerprint density at radius 2 is 1.68 bits per heavy atom. The van der Waals surface area contributed by atoms with Crippen LogP contribution in [0.1, 0.15) is 45.5 Å². The SMILES string of the molecule is COc1cc2c(c(OC)c1)CC=C1N(C2)C(=O)N(CC(=O)O)C12CCN(C(=O)c1cc(C)cc(C)c1)CC2. The molecular weight excluding hydrogens is 486 g/mol. The number of piperidine rings is 1. The monoisotopic (exact) mass is 519 g/mol. The van der Waals surface area contributed by atoms with Crippen LogP contribution in [-0.2, 0) is 17.8 Å². The van der Waals surface area contributed by atoms with Crippen molar-refractivity contribution < 1.29 is 29.0 Å². The van der Waals surface area contributed by atoms with Crippen molar-refractivity contribution in [3.63, 3.8) is 0 Å². The summed E-state index contributed by atoms with van der Waals surface area (Å²) < 4.78 is 11.1. The van der Waals surface area contributed by atoms with Crippen LogP contribution in [0, 0.1) is 13.8 Å². The fourth-order valence-electron chi connectivity index (χ4n) is 6.23. The first-order valence-corrected chi connectivity index (χ1v) is 12.8. The van der Waals surface area contributed by atoms with Gasteiger partial charge < -0.3 is 24.4 Å². The molecule has 3 heterocycles. The van der Waals surface area contributed by atoms with Crippen LogP contribution in [0.5, 0.6) is 11.5 Å². The van der Waals surface area contributed by atoms with Gasteiger partial charge in [0.2, 0.25) is 0 Å². The molecule has 200 valence electrons. The highest BCUT2D eigenvalue weighted by Crippen LogP contribution is 2.47. The molecule has 0 atom stereocenters. The van der Waals surface area contributed by atoms with Gasteiger partial charge >= 0.3 is 12.0 Å². The number of nitrogens with zero attached hydrogens (tertiary/aromatic N) is 3. The molecule has 2 aromatic carbocycles. The zero-order valence-corrected chi connectivity index (χ0v) is 22.2. The van der Waals surface area contributed by atoms with Crippen LogP contribution in [0.4, 0.5) is 4.79 Å². The first-order valence-electron chi connectivity index (χ1n) is 12.8. The molecule has 0 radical (unpaired) electrons. The van der Waals surface area contributed by atoms with E-state index in [-0.39, 0.29) is 18.5 Å². The predicted molar refractivity (Wildman–Crippen MR) is 140 cm³/mol. The number of aryl methyl sites for hydroxylation is 2. The van der Waals surface area contributed by atoms with E-state index in [0.29, 0.717) is 49.4 Å². The third-order valence-electron chi connectivity index (χ3n) is 7.94. The lowest BCUT2D eigenvalue weighted by atomic mass is 9.82. The number of rotatable bonds is 5. The van der Waals surface area contributed by atoms with Crippen LogP contribution in [-0.4, -0.2) is 77.1 Å². The molecule has 9 heteroatoms. The van der Waals surface area contributed by atoms with Crippen molar-refractivity contribution in [1.29, 1.82) is 0 Å². The van der Waals surface area contributed by atoms with Gasteiger partial charge in [0.15, 0.2) is 0 Å². The van der Waals surface area contributed by atoms with Crippen molar-refractivity contribution in [2.24, 2.45) is 0 Å². The van der Waals surface area contributed by atoms with Gasteiger partial charge in [-0.2, -0.15) is 0 Å². The first kappa shape index (κ1) is 25.6. The molecular formula is C29H33N3O6. The number of amides is 3. The summed E-state index contributed by atoms with van der Waals surface area (Å²) in [4.78, 5) is 43.9. The molecule has 5 rings (SSSR count). The summed E-state index contributed by atoms with van der Waals surface area (Å²) >= 11 is 0. The van der Waals surface area contributed by atoms with E-state index in [1.165, 1.54) is 4.90 Å². The van der Waals surface area contributed by atoms with Gasteiger partial charge in [0.05, 0.1) is 26.3 Å². The number of likely N-dealkylation sites (tertiary alicyclic amines) is 1. The van der Waals surface area contributed by atoms with Crippen LogP contribution in [0.3, 0.4) is 0 Å². The Morgan fingerprint density at radius 3 is 2.29 bits per heavy atom. The molecule has 0 aromatic heterocycles. The van der Waals surface area contributed by atoms with Crippen molar-refractivity contribution in [2.75, 3.05) is 33.9 Å². The van der Waals surface area contributed by atoms with Gasteiger partial charge in [-0.3, -0.25) is 14.5 Å². The second kappa shape index (κ2) is 9.70. The normalized spacial score (nSPS) is 18.1. The highest BCUT2D eigenvalue weighted by molar-refractivity contribution is 5.95. The number of methoxy groups -OCH3 is 2. The summed E-state index contributed by atoms with van der Waals surface area (Å²) in [5.41, 5.74) is 4.59. The summed E-state index contributed by atoms with van der Waals surface area (Å²) in [5.74, 6) is 0.214. The van der Waals surface area contributed by atoms with Crippen molar-refractivity contribution in [2.45, 2.75) is 45.2 Å². The van der Waals surface area contributed by atoms with Gasteiger partial charge in [0.25, 0.3) is 5.91 Å². The van der Waals surface area contributed by atoms with E-state index in [2.05, 4.69) is 0 Å². The number of benzene rings is 2. The van der Waals surface area contributed by atoms with E-state index in [9.17, 15) is 19.5 Å². The fraction of sp³-hybridized carbons (Fsp3) is 0.414. The number of carboxylic acids is 1. The van der Waals surface area contributed by atoms with E-state index in [4.69, 9.17) is 9.47 Å². The second-order valence-corrected chi connectivity index (χ2v) is 10.3. The Hall–Kier alpha value is -4.01. The minimum atomic E-state index is -1.06. The van der Waals surface area contributed by atoms with Gasteiger partial charge in [-0.05, 0) is 56.9 Å². The van der Waals surface area contributed by atoms with Gasteiger partial charge in [-0.25, -0.2) is 4.79 Å². The van der Waals surface area contributed by atoms with Gasteiger partial charge in [0, 0.05) is 36.0 Å². The Bertz CT molecular complexity index is 1320. The number of carboxylic acid groups (broad SMARTS) is 1. The fourth-order valence-corrected chi connectivity index (χ4v) is 6.23. The Balaban J connectivity index is 1.48. The average Bonchev–Trinajstić information content (AvgIpc) is 3.02. The minimum absolute atomic E-state index is 0.0447. The molecule has 38 heavy (non-hydrogen) atoms. The first-order chi connectivity index (χ1) is 18.2. The summed E-state index contributed by atoms with van der Waals surface area (Å²) in [6, 6.07) is 9.22. The molecule has 9 nitrogen and oxygen atoms in total. The van der Waals surface area contributed by atoms with Crippen LogP contribution >= 0.6 is 0 Å². The number of hydrogen-bond acceptors (Lipinski definition) is 5. The van der Waals surface area contributed by atoms with Crippen LogP contribution < -0.4 is 9.47 Å². The highest BCUT2D eigenvalue weighted by Gasteiger charge is 2.56. The largest absolute Gasteiger partial charge is 0.497 e. The number of aliphatic carboxylic acids is 1. The van der Waals surface area contributed by atoms with E-state index in [1.54, 1.807) is 19.1 Å². The second-order valence-electron chi connectivity index (χ2n) is 10.3. The maximum absolute atomic E-state index is 13.7. The van der Waals surface area contributed by atoms with Gasteiger partial charge in [0.1, 0.15) is 18.0 Å². The smallest absolute Gasteiger partial charge is 0.325 e. The maximum Gasteiger partial charge on any atom is 0.325 e. The number of hydrogen-bond donors (Lipinski definition) is 1. The summed E-state index contributed by atoms with van der Waals surface area (Å²) in [6.45, 7) is 4.68. The molecule has 2 saturated heterocycles. The lowest BCUT2D eigenvalue weighted by Gasteiger charge is -2.44. The molecule has 0 bridgehead atoms.